The first-order chi connectivity index (χ1) is 8.40. The molecule has 3 unspecified atom stereocenters. The number of carbonyl (C=O) groups is 1. The summed E-state index contributed by atoms with van der Waals surface area (Å²) < 4.78 is 0. The number of aliphatic hydroxyl groups excluding tert-OH is 1. The van der Waals surface area contributed by atoms with Crippen molar-refractivity contribution in [3.8, 4) is 0 Å². The van der Waals surface area contributed by atoms with Gasteiger partial charge < -0.3 is 16.2 Å². The monoisotopic (exact) mass is 256 g/mol. The molecule has 4 nitrogen and oxygen atoms in total. The molecule has 0 saturated heterocycles. The summed E-state index contributed by atoms with van der Waals surface area (Å²) in [6.45, 7) is 6.96. The van der Waals surface area contributed by atoms with E-state index in [1.165, 1.54) is 0 Å². The Bertz CT molecular complexity index is 273. The minimum Gasteiger partial charge on any atom is -0.396 e. The number of hydrogen-bond donors (Lipinski definition) is 3. The first-order valence-corrected chi connectivity index (χ1v) is 7.01. The normalized spacial score (nSPS) is 26.1. The van der Waals surface area contributed by atoms with Crippen LogP contribution in [0.2, 0.25) is 0 Å². The van der Waals surface area contributed by atoms with Crippen LogP contribution in [0.1, 0.15) is 46.5 Å². The summed E-state index contributed by atoms with van der Waals surface area (Å²) in [5.74, 6) is 0.523. The number of aliphatic hydroxyl groups is 1. The Morgan fingerprint density at radius 3 is 2.61 bits per heavy atom. The van der Waals surface area contributed by atoms with E-state index < -0.39 is 0 Å². The van der Waals surface area contributed by atoms with Crippen molar-refractivity contribution in [2.24, 2.45) is 23.0 Å². The van der Waals surface area contributed by atoms with Crippen molar-refractivity contribution >= 4 is 5.91 Å². The predicted octanol–water partition coefficient (Wildman–Crippen LogP) is 1.27. The molecule has 0 aromatic rings. The maximum atomic E-state index is 12.3. The van der Waals surface area contributed by atoms with E-state index in [4.69, 9.17) is 10.8 Å². The number of nitrogens with two attached hydrogens (primary N) is 1. The van der Waals surface area contributed by atoms with Crippen LogP contribution in [0.4, 0.5) is 0 Å². The van der Waals surface area contributed by atoms with Gasteiger partial charge in [-0.15, -0.1) is 0 Å². The van der Waals surface area contributed by atoms with Crippen LogP contribution in [0.25, 0.3) is 0 Å². The maximum Gasteiger partial charge on any atom is 0.223 e. The molecule has 4 N–H and O–H groups in total. The van der Waals surface area contributed by atoms with Gasteiger partial charge in [0.2, 0.25) is 5.91 Å². The second-order valence-corrected chi connectivity index (χ2v) is 6.47. The smallest absolute Gasteiger partial charge is 0.223 e. The topological polar surface area (TPSA) is 75.3 Å². The highest BCUT2D eigenvalue weighted by molar-refractivity contribution is 5.79. The summed E-state index contributed by atoms with van der Waals surface area (Å²) >= 11 is 0. The number of carbonyl (C=O) groups excluding carboxylic acids is 1. The molecular weight excluding hydrogens is 228 g/mol. The molecule has 0 aromatic carbocycles. The predicted molar refractivity (Wildman–Crippen MR) is 73.0 cm³/mol. The van der Waals surface area contributed by atoms with Crippen LogP contribution in [0.3, 0.4) is 0 Å². The minimum absolute atomic E-state index is 0.0222. The van der Waals surface area contributed by atoms with Crippen LogP contribution in [-0.2, 0) is 4.79 Å². The van der Waals surface area contributed by atoms with Crippen molar-refractivity contribution in [2.45, 2.75) is 52.5 Å². The van der Waals surface area contributed by atoms with Crippen molar-refractivity contribution in [1.82, 2.24) is 5.32 Å². The molecule has 1 rings (SSSR count). The molecule has 0 radical (unpaired) electrons. The van der Waals surface area contributed by atoms with Gasteiger partial charge in [0.1, 0.15) is 0 Å². The molecule has 0 spiro atoms. The van der Waals surface area contributed by atoms with Gasteiger partial charge in [-0.05, 0) is 37.1 Å². The summed E-state index contributed by atoms with van der Waals surface area (Å²) in [5, 5.41) is 12.2. The second kappa shape index (κ2) is 6.53. The standard InChI is InChI=1S/C14H28N2O2/c1-14(2,3)12(7-8-17)16-13(18)11-6-4-5-10(11)9-15/h10-12,17H,4-9,15H2,1-3H3,(H,16,18). The van der Waals surface area contributed by atoms with Crippen molar-refractivity contribution in [2.75, 3.05) is 13.2 Å². The quantitative estimate of drug-likeness (QED) is 0.693. The van der Waals surface area contributed by atoms with Crippen molar-refractivity contribution < 1.29 is 9.90 Å². The lowest BCUT2D eigenvalue weighted by molar-refractivity contribution is -0.127. The maximum absolute atomic E-state index is 12.3. The largest absolute Gasteiger partial charge is 0.396 e. The van der Waals surface area contributed by atoms with Crippen LogP contribution in [-0.4, -0.2) is 30.2 Å². The molecule has 18 heavy (non-hydrogen) atoms. The van der Waals surface area contributed by atoms with Gasteiger partial charge in [0.05, 0.1) is 0 Å². The van der Waals surface area contributed by atoms with Crippen LogP contribution < -0.4 is 11.1 Å². The lowest BCUT2D eigenvalue weighted by Gasteiger charge is -2.32. The molecule has 1 amide bonds. The third-order valence-corrected chi connectivity index (χ3v) is 4.08. The molecular formula is C14H28N2O2. The van der Waals surface area contributed by atoms with Gasteiger partial charge in [0.15, 0.2) is 0 Å². The highest BCUT2D eigenvalue weighted by atomic mass is 16.3. The molecule has 0 aromatic heterocycles. The summed E-state index contributed by atoms with van der Waals surface area (Å²) in [6, 6.07) is 0.0222. The van der Waals surface area contributed by atoms with Crippen molar-refractivity contribution in [1.29, 1.82) is 0 Å². The third-order valence-electron chi connectivity index (χ3n) is 4.08. The lowest BCUT2D eigenvalue weighted by Crippen LogP contribution is -2.47. The molecule has 1 aliphatic carbocycles. The SMILES string of the molecule is CC(C)(C)C(CCO)NC(=O)C1CCCC1CN. The summed E-state index contributed by atoms with van der Waals surface area (Å²) in [7, 11) is 0. The Morgan fingerprint density at radius 2 is 2.11 bits per heavy atom. The first-order valence-electron chi connectivity index (χ1n) is 7.01. The number of amides is 1. The Hall–Kier alpha value is -0.610. The molecule has 0 bridgehead atoms. The van der Waals surface area contributed by atoms with Crippen LogP contribution >= 0.6 is 0 Å². The van der Waals surface area contributed by atoms with E-state index in [2.05, 4.69) is 26.1 Å². The van der Waals surface area contributed by atoms with Gasteiger partial charge in [-0.25, -0.2) is 0 Å². The number of rotatable bonds is 5. The molecule has 3 atom stereocenters. The molecule has 1 aliphatic rings. The van der Waals surface area contributed by atoms with E-state index >= 15 is 0 Å². The summed E-state index contributed by atoms with van der Waals surface area (Å²) in [4.78, 5) is 12.3. The van der Waals surface area contributed by atoms with Gasteiger partial charge >= 0.3 is 0 Å². The lowest BCUT2D eigenvalue weighted by atomic mass is 9.84. The van der Waals surface area contributed by atoms with Crippen LogP contribution in [0, 0.1) is 17.3 Å². The minimum atomic E-state index is -0.0325. The Kier molecular flexibility index (Phi) is 5.60. The van der Waals surface area contributed by atoms with Gasteiger partial charge in [0, 0.05) is 18.6 Å². The average Bonchev–Trinajstić information content (AvgIpc) is 2.75. The zero-order chi connectivity index (χ0) is 13.8. The molecule has 106 valence electrons. The van der Waals surface area contributed by atoms with E-state index in [0.29, 0.717) is 18.9 Å². The van der Waals surface area contributed by atoms with Crippen molar-refractivity contribution in [3.05, 3.63) is 0 Å². The molecule has 0 aliphatic heterocycles. The fraction of sp³-hybridized carbons (Fsp3) is 0.929. The second-order valence-electron chi connectivity index (χ2n) is 6.47. The van der Waals surface area contributed by atoms with Gasteiger partial charge in [-0.2, -0.15) is 0 Å². The highest BCUT2D eigenvalue weighted by Crippen LogP contribution is 2.32. The van der Waals surface area contributed by atoms with E-state index in [9.17, 15) is 4.79 Å². The molecule has 1 fully saturated rings. The first kappa shape index (κ1) is 15.4. The van der Waals surface area contributed by atoms with E-state index in [0.717, 1.165) is 19.3 Å². The van der Waals surface area contributed by atoms with E-state index in [1.807, 2.05) is 0 Å². The number of nitrogens with one attached hydrogen (secondary N) is 1. The fourth-order valence-electron chi connectivity index (χ4n) is 2.79. The highest BCUT2D eigenvalue weighted by Gasteiger charge is 2.34. The van der Waals surface area contributed by atoms with E-state index in [-0.39, 0.29) is 29.9 Å². The molecule has 1 saturated carbocycles. The van der Waals surface area contributed by atoms with Crippen LogP contribution in [0.5, 0.6) is 0 Å². The number of hydrogen-bond acceptors (Lipinski definition) is 3. The van der Waals surface area contributed by atoms with Crippen LogP contribution in [0.15, 0.2) is 0 Å². The van der Waals surface area contributed by atoms with Gasteiger partial charge in [-0.3, -0.25) is 4.79 Å². The van der Waals surface area contributed by atoms with Gasteiger partial charge in [0.25, 0.3) is 0 Å². The Morgan fingerprint density at radius 1 is 1.44 bits per heavy atom. The average molecular weight is 256 g/mol. The van der Waals surface area contributed by atoms with E-state index in [1.54, 1.807) is 0 Å². The summed E-state index contributed by atoms with van der Waals surface area (Å²) in [6.07, 6.45) is 3.72. The van der Waals surface area contributed by atoms with Gasteiger partial charge in [-0.1, -0.05) is 27.2 Å². The Balaban J connectivity index is 2.61. The third kappa shape index (κ3) is 3.95. The zero-order valence-corrected chi connectivity index (χ0v) is 11.9. The fourth-order valence-corrected chi connectivity index (χ4v) is 2.79. The molecule has 0 heterocycles. The van der Waals surface area contributed by atoms with Crippen molar-refractivity contribution in [3.63, 3.8) is 0 Å². The molecule has 4 heteroatoms. The zero-order valence-electron chi connectivity index (χ0n) is 11.9. The Labute approximate surface area is 110 Å². The summed E-state index contributed by atoms with van der Waals surface area (Å²) in [5.41, 5.74) is 5.68.